The maximum absolute atomic E-state index is 13.7. The smallest absolute Gasteiger partial charge is 0.408 e. The van der Waals surface area contributed by atoms with E-state index in [1.165, 1.54) is 11.8 Å². The molecule has 0 aromatic heterocycles. The summed E-state index contributed by atoms with van der Waals surface area (Å²) in [5.41, 5.74) is 3.43. The highest BCUT2D eigenvalue weighted by molar-refractivity contribution is 7.98. The molecule has 0 bridgehead atoms. The average Bonchev–Trinajstić information content (AvgIpc) is 3.20. The third-order valence-corrected chi connectivity index (χ3v) is 9.51. The van der Waals surface area contributed by atoms with E-state index in [1.807, 2.05) is 121 Å². The van der Waals surface area contributed by atoms with Gasteiger partial charge in [0, 0.05) is 17.9 Å². The second-order valence-corrected chi connectivity index (χ2v) is 14.2. The first-order valence-corrected chi connectivity index (χ1v) is 19.4. The Morgan fingerprint density at radius 1 is 0.564 bits per heavy atom. The van der Waals surface area contributed by atoms with Crippen molar-refractivity contribution < 1.29 is 38.2 Å². The van der Waals surface area contributed by atoms with Gasteiger partial charge < -0.3 is 30.2 Å². The standard InChI is InChI=1S/C43H49N3O8S/c1-31(2)39(42(50)53-27-33-18-9-4-10-19-33)46-40(48)37(30-55-29-35-22-13-6-14-23-35)44-38(47)25-15-24-36(41(49)52-26-32-16-7-3-8-17-32)45-43(51)54-28-34-20-11-5-12-21-34/h3-14,16-23,31,36-37,39H,15,24-30H2,1-2H3,(H,44,47)(H,45,51)(H,46,48)/t36?,37-,39+/m0/s1. The Hall–Kier alpha value is -5.62. The number of hydrogen-bond acceptors (Lipinski definition) is 9. The molecule has 0 radical (unpaired) electrons. The molecule has 0 fully saturated rings. The summed E-state index contributed by atoms with van der Waals surface area (Å²) in [5.74, 6) is -1.65. The monoisotopic (exact) mass is 767 g/mol. The predicted molar refractivity (Wildman–Crippen MR) is 211 cm³/mol. The van der Waals surface area contributed by atoms with Gasteiger partial charge in [-0.2, -0.15) is 11.8 Å². The van der Waals surface area contributed by atoms with Crippen LogP contribution in [-0.2, 0) is 59.0 Å². The molecule has 4 aromatic rings. The summed E-state index contributed by atoms with van der Waals surface area (Å²) in [7, 11) is 0. The van der Waals surface area contributed by atoms with Crippen molar-refractivity contribution in [3.8, 4) is 0 Å². The summed E-state index contributed by atoms with van der Waals surface area (Å²) in [6.45, 7) is 3.69. The zero-order valence-electron chi connectivity index (χ0n) is 31.2. The summed E-state index contributed by atoms with van der Waals surface area (Å²) in [4.78, 5) is 66.0. The molecule has 55 heavy (non-hydrogen) atoms. The van der Waals surface area contributed by atoms with E-state index in [9.17, 15) is 24.0 Å². The van der Waals surface area contributed by atoms with Crippen LogP contribution in [0.25, 0.3) is 0 Å². The second-order valence-electron chi connectivity index (χ2n) is 13.2. The molecule has 1 unspecified atom stereocenters. The van der Waals surface area contributed by atoms with E-state index < -0.39 is 48.0 Å². The molecule has 3 N–H and O–H groups in total. The van der Waals surface area contributed by atoms with E-state index in [0.29, 0.717) is 5.75 Å². The summed E-state index contributed by atoms with van der Waals surface area (Å²) in [5, 5.41) is 8.21. The number of amides is 3. The number of nitrogens with one attached hydrogen (secondary N) is 3. The van der Waals surface area contributed by atoms with Gasteiger partial charge in [-0.1, -0.05) is 135 Å². The van der Waals surface area contributed by atoms with Crippen molar-refractivity contribution in [2.75, 3.05) is 5.75 Å². The van der Waals surface area contributed by atoms with Crippen LogP contribution in [-0.4, -0.2) is 53.7 Å². The van der Waals surface area contributed by atoms with E-state index >= 15 is 0 Å². The number of carbonyl (C=O) groups excluding carboxylic acids is 5. The maximum atomic E-state index is 13.7. The van der Waals surface area contributed by atoms with Gasteiger partial charge >= 0.3 is 18.0 Å². The van der Waals surface area contributed by atoms with Gasteiger partial charge in [0.2, 0.25) is 11.8 Å². The molecular formula is C43H49N3O8S. The zero-order chi connectivity index (χ0) is 39.3. The Morgan fingerprint density at radius 2 is 1.04 bits per heavy atom. The Bertz CT molecular complexity index is 1780. The minimum absolute atomic E-state index is 0.00596. The number of esters is 2. The van der Waals surface area contributed by atoms with Crippen LogP contribution in [0, 0.1) is 5.92 Å². The van der Waals surface area contributed by atoms with Gasteiger partial charge in [0.15, 0.2) is 0 Å². The van der Waals surface area contributed by atoms with E-state index in [2.05, 4.69) is 16.0 Å². The molecule has 4 aromatic carbocycles. The first-order chi connectivity index (χ1) is 26.7. The summed E-state index contributed by atoms with van der Waals surface area (Å²) < 4.78 is 16.4. The number of ether oxygens (including phenoxy) is 3. The van der Waals surface area contributed by atoms with Crippen molar-refractivity contribution in [1.29, 1.82) is 0 Å². The molecule has 4 rings (SSSR count). The molecule has 3 atom stereocenters. The third kappa shape index (κ3) is 15.7. The number of hydrogen-bond donors (Lipinski definition) is 3. The maximum Gasteiger partial charge on any atom is 0.408 e. The Morgan fingerprint density at radius 3 is 1.55 bits per heavy atom. The van der Waals surface area contributed by atoms with Crippen LogP contribution in [0.5, 0.6) is 0 Å². The Kier molecular flexibility index (Phi) is 17.8. The van der Waals surface area contributed by atoms with Crippen molar-refractivity contribution in [1.82, 2.24) is 16.0 Å². The predicted octanol–water partition coefficient (Wildman–Crippen LogP) is 6.50. The van der Waals surface area contributed by atoms with Crippen molar-refractivity contribution in [3.05, 3.63) is 144 Å². The van der Waals surface area contributed by atoms with E-state index in [0.717, 1.165) is 22.3 Å². The summed E-state index contributed by atoms with van der Waals surface area (Å²) in [6, 6.07) is 34.2. The Balaban J connectivity index is 1.36. The van der Waals surface area contributed by atoms with E-state index in [1.54, 1.807) is 13.8 Å². The molecule has 0 aliphatic carbocycles. The topological polar surface area (TPSA) is 149 Å². The van der Waals surface area contributed by atoms with Crippen LogP contribution < -0.4 is 16.0 Å². The van der Waals surface area contributed by atoms with Crippen molar-refractivity contribution in [2.24, 2.45) is 5.92 Å². The second kappa shape index (κ2) is 23.2. The SMILES string of the molecule is CC(C)[C@@H](NC(=O)[C@H](CSCc1ccccc1)NC(=O)CCCC(NC(=O)OCc1ccccc1)C(=O)OCc1ccccc1)C(=O)OCc1ccccc1. The van der Waals surface area contributed by atoms with Crippen LogP contribution >= 0.6 is 11.8 Å². The fraction of sp³-hybridized carbons (Fsp3) is 0.326. The van der Waals surface area contributed by atoms with Gasteiger partial charge in [0.05, 0.1) is 0 Å². The number of thioether (sulfide) groups is 1. The van der Waals surface area contributed by atoms with Gasteiger partial charge in [0.1, 0.15) is 37.9 Å². The highest BCUT2D eigenvalue weighted by Gasteiger charge is 2.30. The van der Waals surface area contributed by atoms with E-state index in [-0.39, 0.29) is 50.8 Å². The quantitative estimate of drug-likeness (QED) is 0.0639. The number of alkyl carbamates (subject to hydrolysis) is 1. The van der Waals surface area contributed by atoms with Gasteiger partial charge in [-0.05, 0) is 41.0 Å². The zero-order valence-corrected chi connectivity index (χ0v) is 32.0. The first-order valence-electron chi connectivity index (χ1n) is 18.3. The fourth-order valence-corrected chi connectivity index (χ4v) is 6.36. The van der Waals surface area contributed by atoms with E-state index in [4.69, 9.17) is 14.2 Å². The van der Waals surface area contributed by atoms with Gasteiger partial charge in [0.25, 0.3) is 0 Å². The summed E-state index contributed by atoms with van der Waals surface area (Å²) >= 11 is 1.47. The molecule has 0 aliphatic rings. The fourth-order valence-electron chi connectivity index (χ4n) is 5.34. The molecule has 11 nitrogen and oxygen atoms in total. The van der Waals surface area contributed by atoms with Gasteiger partial charge in [-0.3, -0.25) is 9.59 Å². The minimum atomic E-state index is -1.09. The largest absolute Gasteiger partial charge is 0.459 e. The van der Waals surface area contributed by atoms with Gasteiger partial charge in [-0.15, -0.1) is 0 Å². The number of rotatable bonds is 21. The number of benzene rings is 4. The van der Waals surface area contributed by atoms with Crippen molar-refractivity contribution in [3.63, 3.8) is 0 Å². The van der Waals surface area contributed by atoms with Crippen LogP contribution in [0.1, 0.15) is 55.4 Å². The lowest BCUT2D eigenvalue weighted by atomic mass is 10.0. The highest BCUT2D eigenvalue weighted by Crippen LogP contribution is 2.15. The lowest BCUT2D eigenvalue weighted by Gasteiger charge is -2.25. The summed E-state index contributed by atoms with van der Waals surface area (Å²) in [6.07, 6.45) is -0.599. The highest BCUT2D eigenvalue weighted by atomic mass is 32.2. The molecular weight excluding hydrogens is 719 g/mol. The van der Waals surface area contributed by atoms with Crippen LogP contribution in [0.2, 0.25) is 0 Å². The van der Waals surface area contributed by atoms with Crippen molar-refractivity contribution >= 4 is 41.6 Å². The van der Waals surface area contributed by atoms with Gasteiger partial charge in [-0.25, -0.2) is 14.4 Å². The average molecular weight is 768 g/mol. The molecule has 0 saturated carbocycles. The van der Waals surface area contributed by atoms with Crippen LogP contribution in [0.4, 0.5) is 4.79 Å². The first kappa shape index (κ1) is 42.1. The molecule has 0 spiro atoms. The number of carbonyl (C=O) groups is 5. The molecule has 0 saturated heterocycles. The van der Waals surface area contributed by atoms with Crippen molar-refractivity contribution in [2.45, 2.75) is 76.8 Å². The lowest BCUT2D eigenvalue weighted by Crippen LogP contribution is -2.54. The van der Waals surface area contributed by atoms with Crippen LogP contribution in [0.15, 0.2) is 121 Å². The van der Waals surface area contributed by atoms with Crippen LogP contribution in [0.3, 0.4) is 0 Å². The molecule has 0 aliphatic heterocycles. The Labute approximate surface area is 326 Å². The molecule has 3 amide bonds. The molecule has 290 valence electrons. The molecule has 0 heterocycles. The minimum Gasteiger partial charge on any atom is -0.459 e. The normalized spacial score (nSPS) is 12.4. The lowest BCUT2D eigenvalue weighted by molar-refractivity contribution is -0.150. The third-order valence-electron chi connectivity index (χ3n) is 8.40. The molecule has 12 heteroatoms.